The first-order chi connectivity index (χ1) is 9.99. The summed E-state index contributed by atoms with van der Waals surface area (Å²) < 4.78 is 4.77. The fourth-order valence-corrected chi connectivity index (χ4v) is 3.35. The standard InChI is InChI=1S/C15H27N3O3/c1-10(2)4-13(15(20)21-3)17-14(19)9-18-7-11-5-16-6-12(11)8-18/h10-13,16H,4-9H2,1-3H3,(H,17,19). The van der Waals surface area contributed by atoms with Gasteiger partial charge in [-0.2, -0.15) is 0 Å². The van der Waals surface area contributed by atoms with Gasteiger partial charge in [0.25, 0.3) is 0 Å². The van der Waals surface area contributed by atoms with Crippen LogP contribution in [0.25, 0.3) is 0 Å². The molecule has 0 aliphatic carbocycles. The zero-order chi connectivity index (χ0) is 15.4. The van der Waals surface area contributed by atoms with E-state index in [-0.39, 0.29) is 11.9 Å². The van der Waals surface area contributed by atoms with Crippen LogP contribution in [0.3, 0.4) is 0 Å². The Morgan fingerprint density at radius 3 is 2.43 bits per heavy atom. The molecule has 0 aromatic heterocycles. The molecule has 6 nitrogen and oxygen atoms in total. The van der Waals surface area contributed by atoms with Gasteiger partial charge in [-0.25, -0.2) is 4.79 Å². The highest BCUT2D eigenvalue weighted by Gasteiger charge is 2.36. The Balaban J connectivity index is 1.80. The number of ether oxygens (including phenoxy) is 1. The summed E-state index contributed by atoms with van der Waals surface area (Å²) in [5, 5.41) is 6.21. The number of fused-ring (bicyclic) bond motifs is 1. The van der Waals surface area contributed by atoms with E-state index in [1.54, 1.807) is 0 Å². The quantitative estimate of drug-likeness (QED) is 0.667. The van der Waals surface area contributed by atoms with Gasteiger partial charge in [0, 0.05) is 13.1 Å². The van der Waals surface area contributed by atoms with Crippen molar-refractivity contribution in [1.82, 2.24) is 15.5 Å². The van der Waals surface area contributed by atoms with Crippen LogP contribution in [0.4, 0.5) is 0 Å². The van der Waals surface area contributed by atoms with Gasteiger partial charge in [-0.05, 0) is 37.3 Å². The summed E-state index contributed by atoms with van der Waals surface area (Å²) in [6, 6.07) is -0.536. The van der Waals surface area contributed by atoms with Crippen molar-refractivity contribution < 1.29 is 14.3 Å². The molecule has 0 aromatic rings. The second-order valence-electron chi connectivity index (χ2n) is 6.65. The van der Waals surface area contributed by atoms with Crippen molar-refractivity contribution in [2.24, 2.45) is 17.8 Å². The lowest BCUT2D eigenvalue weighted by atomic mass is 10.0. The molecule has 21 heavy (non-hydrogen) atoms. The van der Waals surface area contributed by atoms with Crippen LogP contribution in [-0.4, -0.2) is 62.7 Å². The van der Waals surface area contributed by atoms with Gasteiger partial charge in [-0.3, -0.25) is 9.69 Å². The number of methoxy groups -OCH3 is 1. The van der Waals surface area contributed by atoms with Gasteiger partial charge in [0.2, 0.25) is 5.91 Å². The highest BCUT2D eigenvalue weighted by atomic mass is 16.5. The summed E-state index contributed by atoms with van der Waals surface area (Å²) in [5.74, 6) is 1.22. The maximum absolute atomic E-state index is 12.2. The first kappa shape index (κ1) is 16.2. The van der Waals surface area contributed by atoms with Crippen LogP contribution in [0, 0.1) is 17.8 Å². The van der Waals surface area contributed by atoms with E-state index in [2.05, 4.69) is 15.5 Å². The van der Waals surface area contributed by atoms with Crippen LogP contribution in [0.5, 0.6) is 0 Å². The summed E-state index contributed by atoms with van der Waals surface area (Å²) in [4.78, 5) is 26.1. The van der Waals surface area contributed by atoms with Crippen LogP contribution >= 0.6 is 0 Å². The maximum atomic E-state index is 12.2. The second kappa shape index (κ2) is 7.22. The third-order valence-electron chi connectivity index (χ3n) is 4.36. The molecular formula is C15H27N3O3. The molecule has 2 aliphatic rings. The zero-order valence-electron chi connectivity index (χ0n) is 13.2. The van der Waals surface area contributed by atoms with E-state index in [1.807, 2.05) is 13.8 Å². The smallest absolute Gasteiger partial charge is 0.328 e. The topological polar surface area (TPSA) is 70.7 Å². The van der Waals surface area contributed by atoms with Gasteiger partial charge in [0.1, 0.15) is 6.04 Å². The third-order valence-corrected chi connectivity index (χ3v) is 4.36. The third kappa shape index (κ3) is 4.41. The van der Waals surface area contributed by atoms with Crippen LogP contribution in [0.15, 0.2) is 0 Å². The first-order valence-corrected chi connectivity index (χ1v) is 7.79. The molecule has 120 valence electrons. The van der Waals surface area contributed by atoms with Gasteiger partial charge in [0.05, 0.1) is 13.7 Å². The van der Waals surface area contributed by atoms with Crippen LogP contribution in [0.1, 0.15) is 20.3 Å². The Morgan fingerprint density at radius 1 is 1.29 bits per heavy atom. The molecule has 0 aromatic carbocycles. The second-order valence-corrected chi connectivity index (χ2v) is 6.65. The molecule has 2 aliphatic heterocycles. The van der Waals surface area contributed by atoms with Gasteiger partial charge < -0.3 is 15.4 Å². The Kier molecular flexibility index (Phi) is 5.58. The molecule has 2 rings (SSSR count). The van der Waals surface area contributed by atoms with E-state index < -0.39 is 6.04 Å². The monoisotopic (exact) mass is 297 g/mol. The van der Waals surface area contributed by atoms with Crippen molar-refractivity contribution in [3.05, 3.63) is 0 Å². The molecule has 0 saturated carbocycles. The SMILES string of the molecule is COC(=O)C(CC(C)C)NC(=O)CN1CC2CNCC2C1. The number of nitrogens with zero attached hydrogens (tertiary/aromatic N) is 1. The Bertz CT molecular complexity index is 374. The predicted octanol–water partition coefficient (Wildman–Crippen LogP) is -0.158. The number of nitrogens with one attached hydrogen (secondary N) is 2. The average molecular weight is 297 g/mol. The molecule has 1 amide bonds. The molecule has 0 spiro atoms. The summed E-state index contributed by atoms with van der Waals surface area (Å²) in [5.41, 5.74) is 0. The number of rotatable bonds is 6. The lowest BCUT2D eigenvalue weighted by molar-refractivity contribution is -0.145. The molecule has 2 saturated heterocycles. The van der Waals surface area contributed by atoms with E-state index in [4.69, 9.17) is 4.74 Å². The number of carbonyl (C=O) groups excluding carboxylic acids is 2. The molecule has 2 heterocycles. The minimum Gasteiger partial charge on any atom is -0.467 e. The molecule has 0 bridgehead atoms. The summed E-state index contributed by atoms with van der Waals surface area (Å²) >= 11 is 0. The number of hydrogen-bond donors (Lipinski definition) is 2. The van der Waals surface area contributed by atoms with Crippen LogP contribution < -0.4 is 10.6 Å². The van der Waals surface area contributed by atoms with E-state index in [0.717, 1.165) is 26.2 Å². The molecule has 3 unspecified atom stereocenters. The number of likely N-dealkylation sites (tertiary alicyclic amines) is 1. The largest absolute Gasteiger partial charge is 0.467 e. The van der Waals surface area contributed by atoms with Crippen LogP contribution in [-0.2, 0) is 14.3 Å². The summed E-state index contributed by atoms with van der Waals surface area (Å²) in [6.07, 6.45) is 0.605. The van der Waals surface area contributed by atoms with Gasteiger partial charge in [-0.1, -0.05) is 13.8 Å². The fraction of sp³-hybridized carbons (Fsp3) is 0.867. The van der Waals surface area contributed by atoms with Crippen molar-refractivity contribution in [1.29, 1.82) is 0 Å². The Labute approximate surface area is 126 Å². The van der Waals surface area contributed by atoms with Crippen molar-refractivity contribution in [2.75, 3.05) is 39.8 Å². The number of esters is 1. The normalized spacial score (nSPS) is 26.7. The van der Waals surface area contributed by atoms with Crippen molar-refractivity contribution in [3.63, 3.8) is 0 Å². The molecule has 2 N–H and O–H groups in total. The fourth-order valence-electron chi connectivity index (χ4n) is 3.35. The van der Waals surface area contributed by atoms with E-state index in [1.165, 1.54) is 7.11 Å². The van der Waals surface area contributed by atoms with Gasteiger partial charge >= 0.3 is 5.97 Å². The summed E-state index contributed by atoms with van der Waals surface area (Å²) in [6.45, 7) is 8.48. The molecule has 3 atom stereocenters. The molecule has 6 heteroatoms. The highest BCUT2D eigenvalue weighted by molar-refractivity contribution is 5.85. The van der Waals surface area contributed by atoms with Crippen molar-refractivity contribution in [2.45, 2.75) is 26.3 Å². The van der Waals surface area contributed by atoms with E-state index in [9.17, 15) is 9.59 Å². The molecule has 0 radical (unpaired) electrons. The number of hydrogen-bond acceptors (Lipinski definition) is 5. The number of amides is 1. The van der Waals surface area contributed by atoms with Crippen molar-refractivity contribution in [3.8, 4) is 0 Å². The lowest BCUT2D eigenvalue weighted by Gasteiger charge is -2.21. The number of carbonyl (C=O) groups is 2. The Hall–Kier alpha value is -1.14. The highest BCUT2D eigenvalue weighted by Crippen LogP contribution is 2.25. The first-order valence-electron chi connectivity index (χ1n) is 7.79. The maximum Gasteiger partial charge on any atom is 0.328 e. The van der Waals surface area contributed by atoms with E-state index in [0.29, 0.717) is 30.7 Å². The average Bonchev–Trinajstić information content (AvgIpc) is 2.97. The minimum atomic E-state index is -0.536. The van der Waals surface area contributed by atoms with Gasteiger partial charge in [0.15, 0.2) is 0 Å². The zero-order valence-corrected chi connectivity index (χ0v) is 13.2. The predicted molar refractivity (Wildman–Crippen MR) is 79.7 cm³/mol. The lowest BCUT2D eigenvalue weighted by Crippen LogP contribution is -2.46. The van der Waals surface area contributed by atoms with E-state index >= 15 is 0 Å². The minimum absolute atomic E-state index is 0.0843. The summed E-state index contributed by atoms with van der Waals surface area (Å²) in [7, 11) is 1.36. The molecular weight excluding hydrogens is 270 g/mol. The van der Waals surface area contributed by atoms with Crippen molar-refractivity contribution >= 4 is 11.9 Å². The molecule has 2 fully saturated rings. The Morgan fingerprint density at radius 2 is 1.90 bits per heavy atom. The van der Waals surface area contributed by atoms with Gasteiger partial charge in [-0.15, -0.1) is 0 Å². The van der Waals surface area contributed by atoms with Crippen LogP contribution in [0.2, 0.25) is 0 Å².